The average Bonchev–Trinajstić information content (AvgIpc) is 2.50. The molecule has 21 heavy (non-hydrogen) atoms. The van der Waals surface area contributed by atoms with E-state index in [2.05, 4.69) is 15.5 Å². The Balaban J connectivity index is 2.33. The Morgan fingerprint density at radius 3 is 3.05 bits per heavy atom. The second kappa shape index (κ2) is 7.64. The van der Waals surface area contributed by atoms with Crippen LogP contribution in [0.2, 0.25) is 5.02 Å². The van der Waals surface area contributed by atoms with Crippen molar-refractivity contribution in [3.63, 3.8) is 0 Å². The molecule has 1 aliphatic rings. The molecule has 2 N–H and O–H groups in total. The van der Waals surface area contributed by atoms with Crippen LogP contribution >= 0.6 is 11.6 Å². The Morgan fingerprint density at radius 2 is 2.33 bits per heavy atom. The van der Waals surface area contributed by atoms with Gasteiger partial charge in [0.2, 0.25) is 5.91 Å². The van der Waals surface area contributed by atoms with Crippen molar-refractivity contribution in [3.8, 4) is 0 Å². The van der Waals surface area contributed by atoms with Crippen LogP contribution in [0.3, 0.4) is 0 Å². The molecule has 1 heterocycles. The van der Waals surface area contributed by atoms with Crippen LogP contribution in [-0.2, 0) is 16.1 Å². The van der Waals surface area contributed by atoms with Gasteiger partial charge in [0, 0.05) is 35.9 Å². The number of carbonyl (C=O) groups excluding carboxylic acids is 1. The number of likely N-dealkylation sites (N-methyl/N-ethyl adjacent to an activating group) is 1. The van der Waals surface area contributed by atoms with Crippen molar-refractivity contribution in [2.75, 3.05) is 38.3 Å². The standard InChI is InChI=1S/C15H22ClN3O2/c1-3-18-15(20)14-10-21-8-7-19(14)13-6-4-5-12(16)11(13)9-17-2/h4-6,14,17H,3,7-10H2,1-2H3,(H,18,20). The number of anilines is 1. The minimum atomic E-state index is -0.312. The van der Waals surface area contributed by atoms with Gasteiger partial charge in [0.1, 0.15) is 6.04 Å². The van der Waals surface area contributed by atoms with Crippen LogP contribution in [0.4, 0.5) is 5.69 Å². The monoisotopic (exact) mass is 311 g/mol. The van der Waals surface area contributed by atoms with E-state index >= 15 is 0 Å². The van der Waals surface area contributed by atoms with Crippen molar-refractivity contribution in [1.29, 1.82) is 0 Å². The molecule has 1 atom stereocenters. The van der Waals surface area contributed by atoms with Gasteiger partial charge in [-0.05, 0) is 26.1 Å². The first-order valence-corrected chi connectivity index (χ1v) is 7.61. The summed E-state index contributed by atoms with van der Waals surface area (Å²) in [6.45, 7) is 4.88. The summed E-state index contributed by atoms with van der Waals surface area (Å²) in [6.07, 6.45) is 0. The molecule has 1 aliphatic heterocycles. The van der Waals surface area contributed by atoms with Crippen molar-refractivity contribution in [2.45, 2.75) is 19.5 Å². The molecular weight excluding hydrogens is 290 g/mol. The number of morpholine rings is 1. The quantitative estimate of drug-likeness (QED) is 0.863. The van der Waals surface area contributed by atoms with Gasteiger partial charge in [0.15, 0.2) is 0 Å². The third kappa shape index (κ3) is 3.67. The van der Waals surface area contributed by atoms with Gasteiger partial charge in [-0.25, -0.2) is 0 Å². The number of nitrogens with one attached hydrogen (secondary N) is 2. The SMILES string of the molecule is CCNC(=O)C1COCCN1c1cccc(Cl)c1CNC. The van der Waals surface area contributed by atoms with E-state index in [-0.39, 0.29) is 11.9 Å². The van der Waals surface area contributed by atoms with E-state index in [0.29, 0.717) is 37.9 Å². The molecule has 1 unspecified atom stereocenters. The lowest BCUT2D eigenvalue weighted by Crippen LogP contribution is -2.54. The lowest BCUT2D eigenvalue weighted by molar-refractivity contribution is -0.124. The number of amides is 1. The Labute approximate surface area is 130 Å². The summed E-state index contributed by atoms with van der Waals surface area (Å²) in [5, 5.41) is 6.71. The maximum absolute atomic E-state index is 12.3. The normalized spacial score (nSPS) is 18.6. The topological polar surface area (TPSA) is 53.6 Å². The molecule has 2 rings (SSSR count). The fourth-order valence-corrected chi connectivity index (χ4v) is 2.81. The molecule has 0 bridgehead atoms. The zero-order valence-electron chi connectivity index (χ0n) is 12.5. The smallest absolute Gasteiger partial charge is 0.245 e. The van der Waals surface area contributed by atoms with E-state index in [0.717, 1.165) is 11.3 Å². The molecule has 116 valence electrons. The van der Waals surface area contributed by atoms with Crippen LogP contribution in [-0.4, -0.2) is 45.3 Å². The summed E-state index contributed by atoms with van der Waals surface area (Å²) in [4.78, 5) is 14.3. The first kappa shape index (κ1) is 16.1. The molecule has 6 heteroatoms. The number of nitrogens with zero attached hydrogens (tertiary/aromatic N) is 1. The molecule has 1 aromatic carbocycles. The molecule has 0 aromatic heterocycles. The van der Waals surface area contributed by atoms with Gasteiger partial charge < -0.3 is 20.3 Å². The van der Waals surface area contributed by atoms with Crippen LogP contribution < -0.4 is 15.5 Å². The third-order valence-electron chi connectivity index (χ3n) is 3.54. The number of hydrogen-bond donors (Lipinski definition) is 2. The van der Waals surface area contributed by atoms with Crippen molar-refractivity contribution >= 4 is 23.2 Å². The highest BCUT2D eigenvalue weighted by Gasteiger charge is 2.30. The molecule has 5 nitrogen and oxygen atoms in total. The number of rotatable bonds is 5. The minimum Gasteiger partial charge on any atom is -0.377 e. The van der Waals surface area contributed by atoms with E-state index in [1.165, 1.54) is 0 Å². The van der Waals surface area contributed by atoms with Crippen LogP contribution in [0.25, 0.3) is 0 Å². The summed E-state index contributed by atoms with van der Waals surface area (Å²) in [7, 11) is 1.88. The second-order valence-corrected chi connectivity index (χ2v) is 5.35. The van der Waals surface area contributed by atoms with Gasteiger partial charge in [-0.3, -0.25) is 4.79 Å². The predicted molar refractivity (Wildman–Crippen MR) is 84.9 cm³/mol. The maximum Gasteiger partial charge on any atom is 0.245 e. The zero-order valence-corrected chi connectivity index (χ0v) is 13.2. The first-order chi connectivity index (χ1) is 10.2. The summed E-state index contributed by atoms with van der Waals surface area (Å²) >= 11 is 6.32. The fraction of sp³-hybridized carbons (Fsp3) is 0.533. The summed E-state index contributed by atoms with van der Waals surface area (Å²) in [5.41, 5.74) is 2.01. The van der Waals surface area contributed by atoms with Gasteiger partial charge in [-0.1, -0.05) is 17.7 Å². The largest absolute Gasteiger partial charge is 0.377 e. The number of hydrogen-bond acceptors (Lipinski definition) is 4. The number of benzene rings is 1. The molecule has 0 aliphatic carbocycles. The van der Waals surface area contributed by atoms with E-state index < -0.39 is 0 Å². The Bertz CT molecular complexity index is 496. The van der Waals surface area contributed by atoms with Crippen LogP contribution in [0.15, 0.2) is 18.2 Å². The summed E-state index contributed by atoms with van der Waals surface area (Å²) in [5.74, 6) is -0.00687. The minimum absolute atomic E-state index is 0.00687. The van der Waals surface area contributed by atoms with Crippen molar-refractivity contribution in [3.05, 3.63) is 28.8 Å². The summed E-state index contributed by atoms with van der Waals surface area (Å²) < 4.78 is 5.48. The van der Waals surface area contributed by atoms with Crippen molar-refractivity contribution < 1.29 is 9.53 Å². The second-order valence-electron chi connectivity index (χ2n) is 4.95. The average molecular weight is 312 g/mol. The van der Waals surface area contributed by atoms with Crippen LogP contribution in [0.5, 0.6) is 0 Å². The van der Waals surface area contributed by atoms with E-state index in [9.17, 15) is 4.79 Å². The number of halogens is 1. The molecule has 0 radical (unpaired) electrons. The van der Waals surface area contributed by atoms with E-state index in [1.807, 2.05) is 32.2 Å². The molecule has 0 spiro atoms. The Hall–Kier alpha value is -1.30. The van der Waals surface area contributed by atoms with Gasteiger partial charge in [-0.15, -0.1) is 0 Å². The van der Waals surface area contributed by atoms with Crippen LogP contribution in [0.1, 0.15) is 12.5 Å². The highest BCUT2D eigenvalue weighted by Crippen LogP contribution is 2.30. The molecule has 1 amide bonds. The Kier molecular flexibility index (Phi) is 5.85. The van der Waals surface area contributed by atoms with Crippen molar-refractivity contribution in [1.82, 2.24) is 10.6 Å². The fourth-order valence-electron chi connectivity index (χ4n) is 2.57. The molecule has 0 saturated carbocycles. The lowest BCUT2D eigenvalue weighted by Gasteiger charge is -2.37. The molecule has 1 fully saturated rings. The number of ether oxygens (including phenoxy) is 1. The third-order valence-corrected chi connectivity index (χ3v) is 3.89. The lowest BCUT2D eigenvalue weighted by atomic mass is 10.1. The number of carbonyl (C=O) groups is 1. The Morgan fingerprint density at radius 1 is 1.52 bits per heavy atom. The predicted octanol–water partition coefficient (Wildman–Crippen LogP) is 1.40. The highest BCUT2D eigenvalue weighted by molar-refractivity contribution is 6.31. The maximum atomic E-state index is 12.3. The van der Waals surface area contributed by atoms with E-state index in [1.54, 1.807) is 0 Å². The highest BCUT2D eigenvalue weighted by atomic mass is 35.5. The summed E-state index contributed by atoms with van der Waals surface area (Å²) in [6, 6.07) is 5.49. The van der Waals surface area contributed by atoms with Gasteiger partial charge in [0.05, 0.1) is 13.2 Å². The van der Waals surface area contributed by atoms with Crippen LogP contribution in [0, 0.1) is 0 Å². The molecule has 1 saturated heterocycles. The van der Waals surface area contributed by atoms with Gasteiger partial charge >= 0.3 is 0 Å². The van der Waals surface area contributed by atoms with Crippen molar-refractivity contribution in [2.24, 2.45) is 0 Å². The van der Waals surface area contributed by atoms with E-state index in [4.69, 9.17) is 16.3 Å². The van der Waals surface area contributed by atoms with Gasteiger partial charge in [-0.2, -0.15) is 0 Å². The van der Waals surface area contributed by atoms with Gasteiger partial charge in [0.25, 0.3) is 0 Å². The molecule has 1 aromatic rings. The first-order valence-electron chi connectivity index (χ1n) is 7.23. The zero-order chi connectivity index (χ0) is 15.2. The molecular formula is C15H22ClN3O2.